The summed E-state index contributed by atoms with van der Waals surface area (Å²) in [7, 11) is 0. The fourth-order valence-corrected chi connectivity index (χ4v) is 3.24. The van der Waals surface area contributed by atoms with E-state index in [1.165, 1.54) is 4.88 Å². The highest BCUT2D eigenvalue weighted by Gasteiger charge is 2.23. The first kappa shape index (κ1) is 14.2. The fraction of sp³-hybridized carbons (Fsp3) is 0.375. The van der Waals surface area contributed by atoms with E-state index in [0.717, 1.165) is 19.4 Å². The molecule has 0 radical (unpaired) electrons. The third-order valence-corrected chi connectivity index (χ3v) is 4.45. The maximum Gasteiger partial charge on any atom is 0.254 e. The Morgan fingerprint density at radius 3 is 2.90 bits per heavy atom. The zero-order chi connectivity index (χ0) is 14.5. The van der Waals surface area contributed by atoms with E-state index in [1.807, 2.05) is 16.3 Å². The Bertz CT molecular complexity index is 565. The van der Waals surface area contributed by atoms with Gasteiger partial charge in [0.25, 0.3) is 5.91 Å². The number of pyridine rings is 1. The van der Waals surface area contributed by atoms with Crippen LogP contribution in [0.5, 0.6) is 0 Å². The molecule has 1 unspecified atom stereocenters. The fourth-order valence-electron chi connectivity index (χ4n) is 2.52. The molecule has 21 heavy (non-hydrogen) atoms. The highest BCUT2D eigenvalue weighted by Crippen LogP contribution is 2.19. The average molecular weight is 302 g/mol. The third kappa shape index (κ3) is 3.68. The predicted molar refractivity (Wildman–Crippen MR) is 82.3 cm³/mol. The first-order valence-electron chi connectivity index (χ1n) is 7.16. The second-order valence-corrected chi connectivity index (χ2v) is 6.17. The van der Waals surface area contributed by atoms with E-state index in [9.17, 15) is 4.79 Å². The number of nitrogens with zero attached hydrogens (tertiary/aromatic N) is 2. The Balaban J connectivity index is 1.75. The van der Waals surface area contributed by atoms with Crippen LogP contribution >= 0.6 is 11.3 Å². The summed E-state index contributed by atoms with van der Waals surface area (Å²) in [5.74, 6) is 0.0429. The van der Waals surface area contributed by atoms with Gasteiger partial charge in [-0.2, -0.15) is 0 Å². The molecular formula is C16H18N2O2S. The average Bonchev–Trinajstić information content (AvgIpc) is 3.20. The summed E-state index contributed by atoms with van der Waals surface area (Å²) < 4.78 is 5.69. The minimum Gasteiger partial charge on any atom is -0.376 e. The maximum atomic E-state index is 12.7. The van der Waals surface area contributed by atoms with Crippen molar-refractivity contribution in [3.8, 4) is 0 Å². The molecule has 0 bridgehead atoms. The SMILES string of the molecule is O=C(c1ccncc1)N(Cc1cccs1)CC1CCCO1. The molecular weight excluding hydrogens is 284 g/mol. The zero-order valence-corrected chi connectivity index (χ0v) is 12.6. The van der Waals surface area contributed by atoms with Gasteiger partial charge in [0.15, 0.2) is 0 Å². The Kier molecular flexibility index (Phi) is 4.62. The molecule has 2 aromatic rings. The topological polar surface area (TPSA) is 42.4 Å². The van der Waals surface area contributed by atoms with Crippen molar-refractivity contribution < 1.29 is 9.53 Å². The number of rotatable bonds is 5. The second-order valence-electron chi connectivity index (χ2n) is 5.14. The van der Waals surface area contributed by atoms with Crippen LogP contribution < -0.4 is 0 Å². The van der Waals surface area contributed by atoms with E-state index >= 15 is 0 Å². The molecule has 1 aliphatic heterocycles. The van der Waals surface area contributed by atoms with E-state index in [-0.39, 0.29) is 12.0 Å². The van der Waals surface area contributed by atoms with Crippen LogP contribution in [0, 0.1) is 0 Å². The van der Waals surface area contributed by atoms with Crippen molar-refractivity contribution in [3.63, 3.8) is 0 Å². The Morgan fingerprint density at radius 2 is 2.24 bits per heavy atom. The predicted octanol–water partition coefficient (Wildman–Crippen LogP) is 2.96. The van der Waals surface area contributed by atoms with Gasteiger partial charge in [-0.25, -0.2) is 0 Å². The van der Waals surface area contributed by atoms with Crippen molar-refractivity contribution in [1.29, 1.82) is 0 Å². The Labute approximate surface area is 128 Å². The van der Waals surface area contributed by atoms with Gasteiger partial charge in [-0.05, 0) is 36.4 Å². The van der Waals surface area contributed by atoms with E-state index in [0.29, 0.717) is 18.7 Å². The standard InChI is InChI=1S/C16H18N2O2S/c19-16(13-5-7-17-8-6-13)18(11-14-3-1-9-20-14)12-15-4-2-10-21-15/h2,4-8,10,14H,1,3,9,11-12H2. The molecule has 2 aromatic heterocycles. The van der Waals surface area contributed by atoms with Crippen molar-refractivity contribution in [2.24, 2.45) is 0 Å². The van der Waals surface area contributed by atoms with Gasteiger partial charge in [-0.1, -0.05) is 6.07 Å². The first-order chi connectivity index (χ1) is 10.3. The third-order valence-electron chi connectivity index (χ3n) is 3.59. The summed E-state index contributed by atoms with van der Waals surface area (Å²) in [6.45, 7) is 2.10. The number of aromatic nitrogens is 1. The number of hydrogen-bond donors (Lipinski definition) is 0. The molecule has 1 fully saturated rings. The lowest BCUT2D eigenvalue weighted by molar-refractivity contribution is 0.0509. The van der Waals surface area contributed by atoms with E-state index in [4.69, 9.17) is 4.74 Å². The molecule has 1 atom stereocenters. The van der Waals surface area contributed by atoms with E-state index < -0.39 is 0 Å². The lowest BCUT2D eigenvalue weighted by Gasteiger charge is -2.25. The summed E-state index contributed by atoms with van der Waals surface area (Å²) >= 11 is 1.67. The largest absolute Gasteiger partial charge is 0.376 e. The number of thiophene rings is 1. The minimum atomic E-state index is 0.0429. The van der Waals surface area contributed by atoms with Gasteiger partial charge < -0.3 is 9.64 Å². The monoisotopic (exact) mass is 302 g/mol. The van der Waals surface area contributed by atoms with Crippen LogP contribution in [-0.2, 0) is 11.3 Å². The van der Waals surface area contributed by atoms with Crippen molar-refractivity contribution in [2.75, 3.05) is 13.2 Å². The molecule has 0 saturated carbocycles. The normalized spacial score (nSPS) is 17.8. The Morgan fingerprint density at radius 1 is 1.38 bits per heavy atom. The van der Waals surface area contributed by atoms with Gasteiger partial charge in [-0.15, -0.1) is 11.3 Å². The molecule has 3 rings (SSSR count). The molecule has 5 heteroatoms. The number of carbonyl (C=O) groups excluding carboxylic acids is 1. The molecule has 0 spiro atoms. The summed E-state index contributed by atoms with van der Waals surface area (Å²) in [6, 6.07) is 7.60. The van der Waals surface area contributed by atoms with Crippen molar-refractivity contribution in [3.05, 3.63) is 52.5 Å². The smallest absolute Gasteiger partial charge is 0.254 e. The van der Waals surface area contributed by atoms with Gasteiger partial charge in [0.05, 0.1) is 12.6 Å². The van der Waals surface area contributed by atoms with E-state index in [1.54, 1.807) is 35.9 Å². The van der Waals surface area contributed by atoms with Crippen LogP contribution in [0.3, 0.4) is 0 Å². The van der Waals surface area contributed by atoms with Crippen LogP contribution in [0.2, 0.25) is 0 Å². The summed E-state index contributed by atoms with van der Waals surface area (Å²) in [6.07, 6.45) is 5.59. The molecule has 0 aliphatic carbocycles. The molecule has 3 heterocycles. The van der Waals surface area contributed by atoms with Crippen LogP contribution in [-0.4, -0.2) is 35.0 Å². The molecule has 1 aliphatic rings. The van der Waals surface area contributed by atoms with Crippen molar-refractivity contribution in [1.82, 2.24) is 9.88 Å². The minimum absolute atomic E-state index is 0.0429. The maximum absolute atomic E-state index is 12.7. The summed E-state index contributed by atoms with van der Waals surface area (Å²) in [4.78, 5) is 19.8. The van der Waals surface area contributed by atoms with Gasteiger partial charge >= 0.3 is 0 Å². The zero-order valence-electron chi connectivity index (χ0n) is 11.8. The highest BCUT2D eigenvalue weighted by molar-refractivity contribution is 7.09. The van der Waals surface area contributed by atoms with Crippen molar-refractivity contribution >= 4 is 17.2 Å². The quantitative estimate of drug-likeness (QED) is 0.853. The molecule has 0 N–H and O–H groups in total. The first-order valence-corrected chi connectivity index (χ1v) is 8.04. The summed E-state index contributed by atoms with van der Waals surface area (Å²) in [5, 5.41) is 2.04. The molecule has 0 aromatic carbocycles. The van der Waals surface area contributed by atoms with Crippen LogP contribution in [0.1, 0.15) is 28.1 Å². The lowest BCUT2D eigenvalue weighted by atomic mass is 10.2. The van der Waals surface area contributed by atoms with Gasteiger partial charge in [0.2, 0.25) is 0 Å². The van der Waals surface area contributed by atoms with Crippen LogP contribution in [0.4, 0.5) is 0 Å². The van der Waals surface area contributed by atoms with Crippen molar-refractivity contribution in [2.45, 2.75) is 25.5 Å². The van der Waals surface area contributed by atoms with Gasteiger partial charge in [-0.3, -0.25) is 9.78 Å². The molecule has 4 nitrogen and oxygen atoms in total. The molecule has 1 saturated heterocycles. The highest BCUT2D eigenvalue weighted by atomic mass is 32.1. The van der Waals surface area contributed by atoms with Crippen LogP contribution in [0.25, 0.3) is 0 Å². The van der Waals surface area contributed by atoms with Gasteiger partial charge in [0.1, 0.15) is 0 Å². The number of ether oxygens (including phenoxy) is 1. The summed E-state index contributed by atoms with van der Waals surface area (Å²) in [5.41, 5.74) is 0.680. The molecule has 1 amide bonds. The number of hydrogen-bond acceptors (Lipinski definition) is 4. The van der Waals surface area contributed by atoms with Gasteiger partial charge in [0, 0.05) is 36.0 Å². The number of amides is 1. The van der Waals surface area contributed by atoms with E-state index in [2.05, 4.69) is 11.1 Å². The second kappa shape index (κ2) is 6.83. The molecule has 110 valence electrons. The van der Waals surface area contributed by atoms with Crippen LogP contribution in [0.15, 0.2) is 42.0 Å². The number of carbonyl (C=O) groups is 1. The Hall–Kier alpha value is -1.72. The lowest BCUT2D eigenvalue weighted by Crippen LogP contribution is -2.36.